The fourth-order valence-corrected chi connectivity index (χ4v) is 1.43. The number of hydrogen-bond donors (Lipinski definition) is 1. The van der Waals surface area contributed by atoms with Crippen molar-refractivity contribution in [3.8, 4) is 11.5 Å². The van der Waals surface area contributed by atoms with Gasteiger partial charge in [-0.05, 0) is 30.2 Å². The number of carbonyl (C=O) groups excluding carboxylic acids is 1. The minimum Gasteiger partial charge on any atom is -0.497 e. The lowest BCUT2D eigenvalue weighted by molar-refractivity contribution is -0.121. The maximum absolute atomic E-state index is 11.0. The van der Waals surface area contributed by atoms with Crippen molar-refractivity contribution < 1.29 is 19.4 Å². The first-order valence-electron chi connectivity index (χ1n) is 5.04. The first-order chi connectivity index (χ1) is 7.71. The van der Waals surface area contributed by atoms with Crippen LogP contribution in [0.25, 0.3) is 0 Å². The zero-order chi connectivity index (χ0) is 12.0. The topological polar surface area (TPSA) is 55.8 Å². The zero-order valence-corrected chi connectivity index (χ0v) is 9.53. The van der Waals surface area contributed by atoms with E-state index in [2.05, 4.69) is 0 Å². The van der Waals surface area contributed by atoms with E-state index < -0.39 is 6.61 Å². The Morgan fingerprint density at radius 1 is 1.31 bits per heavy atom. The maximum atomic E-state index is 11.0. The third kappa shape index (κ3) is 3.24. The average molecular weight is 224 g/mol. The summed E-state index contributed by atoms with van der Waals surface area (Å²) in [7, 11) is 3.17. The molecule has 1 N–H and O–H groups in total. The highest BCUT2D eigenvalue weighted by Crippen LogP contribution is 2.25. The molecular formula is C12H16O4. The second-order valence-corrected chi connectivity index (χ2v) is 3.37. The van der Waals surface area contributed by atoms with Crippen molar-refractivity contribution in [2.24, 2.45) is 0 Å². The second kappa shape index (κ2) is 6.12. The van der Waals surface area contributed by atoms with Gasteiger partial charge in [0.1, 0.15) is 18.1 Å². The molecule has 0 saturated carbocycles. The molecule has 0 radical (unpaired) electrons. The molecule has 0 fully saturated rings. The van der Waals surface area contributed by atoms with Crippen LogP contribution in [-0.4, -0.2) is 31.7 Å². The molecule has 0 aliphatic carbocycles. The standard InChI is InChI=1S/C12H16O4/c1-15-11-5-6-12(16-2)9(7-11)3-4-10(14)8-13/h5-7,13H,3-4,8H2,1-2H3. The zero-order valence-electron chi connectivity index (χ0n) is 9.53. The molecule has 4 heteroatoms. The van der Waals surface area contributed by atoms with Crippen LogP contribution in [0.1, 0.15) is 12.0 Å². The number of hydrogen-bond acceptors (Lipinski definition) is 4. The molecule has 0 heterocycles. The molecule has 4 nitrogen and oxygen atoms in total. The van der Waals surface area contributed by atoms with Gasteiger partial charge in [0.05, 0.1) is 14.2 Å². The smallest absolute Gasteiger partial charge is 0.158 e. The Balaban J connectivity index is 2.78. The molecule has 0 saturated heterocycles. The Bertz CT molecular complexity index is 360. The van der Waals surface area contributed by atoms with E-state index >= 15 is 0 Å². The average Bonchev–Trinajstić information content (AvgIpc) is 2.35. The normalized spacial score (nSPS) is 9.94. The van der Waals surface area contributed by atoms with Gasteiger partial charge in [-0.25, -0.2) is 0 Å². The summed E-state index contributed by atoms with van der Waals surface area (Å²) in [6, 6.07) is 5.44. The van der Waals surface area contributed by atoms with Crippen LogP contribution in [-0.2, 0) is 11.2 Å². The third-order valence-corrected chi connectivity index (χ3v) is 2.34. The van der Waals surface area contributed by atoms with Crippen molar-refractivity contribution in [2.75, 3.05) is 20.8 Å². The summed E-state index contributed by atoms with van der Waals surface area (Å²) in [5.74, 6) is 1.28. The van der Waals surface area contributed by atoms with Crippen molar-refractivity contribution >= 4 is 5.78 Å². The number of aliphatic hydroxyl groups excluding tert-OH is 1. The van der Waals surface area contributed by atoms with Crippen molar-refractivity contribution in [1.29, 1.82) is 0 Å². The van der Waals surface area contributed by atoms with Crippen LogP contribution in [0.3, 0.4) is 0 Å². The van der Waals surface area contributed by atoms with E-state index in [-0.39, 0.29) is 5.78 Å². The largest absolute Gasteiger partial charge is 0.497 e. The van der Waals surface area contributed by atoms with E-state index in [1.807, 2.05) is 6.07 Å². The highest BCUT2D eigenvalue weighted by atomic mass is 16.5. The number of aryl methyl sites for hydroxylation is 1. The molecular weight excluding hydrogens is 208 g/mol. The van der Waals surface area contributed by atoms with Crippen LogP contribution >= 0.6 is 0 Å². The molecule has 1 rings (SSSR count). The molecule has 0 spiro atoms. The lowest BCUT2D eigenvalue weighted by atomic mass is 10.1. The molecule has 16 heavy (non-hydrogen) atoms. The lowest BCUT2D eigenvalue weighted by Gasteiger charge is -2.09. The predicted molar refractivity (Wildman–Crippen MR) is 60.0 cm³/mol. The van der Waals surface area contributed by atoms with Crippen molar-refractivity contribution in [1.82, 2.24) is 0 Å². The number of Topliss-reactive ketones (excluding diaryl/α,β-unsaturated/α-hetero) is 1. The van der Waals surface area contributed by atoms with Gasteiger partial charge in [0.15, 0.2) is 5.78 Å². The van der Waals surface area contributed by atoms with Gasteiger partial charge in [0.2, 0.25) is 0 Å². The molecule has 1 aromatic carbocycles. The van der Waals surface area contributed by atoms with Crippen molar-refractivity contribution in [3.05, 3.63) is 23.8 Å². The molecule has 0 atom stereocenters. The maximum Gasteiger partial charge on any atom is 0.158 e. The number of aliphatic hydroxyl groups is 1. The fourth-order valence-electron chi connectivity index (χ4n) is 1.43. The van der Waals surface area contributed by atoms with Crippen molar-refractivity contribution in [3.63, 3.8) is 0 Å². The van der Waals surface area contributed by atoms with E-state index in [1.165, 1.54) is 0 Å². The summed E-state index contributed by atoms with van der Waals surface area (Å²) in [6.45, 7) is -0.410. The first kappa shape index (κ1) is 12.5. The number of rotatable bonds is 6. The molecule has 0 unspecified atom stereocenters. The van der Waals surface area contributed by atoms with Gasteiger partial charge in [-0.15, -0.1) is 0 Å². The van der Waals surface area contributed by atoms with E-state index in [0.717, 1.165) is 17.1 Å². The molecule has 0 amide bonds. The monoisotopic (exact) mass is 224 g/mol. The molecule has 0 aliphatic rings. The number of carbonyl (C=O) groups is 1. The van der Waals surface area contributed by atoms with Gasteiger partial charge in [-0.2, -0.15) is 0 Å². The highest BCUT2D eigenvalue weighted by Gasteiger charge is 2.07. The summed E-state index contributed by atoms with van der Waals surface area (Å²) in [4.78, 5) is 11.0. The first-order valence-corrected chi connectivity index (χ1v) is 5.04. The summed E-state index contributed by atoms with van der Waals surface area (Å²) in [5.41, 5.74) is 0.906. The van der Waals surface area contributed by atoms with Gasteiger partial charge in [0, 0.05) is 6.42 Å². The van der Waals surface area contributed by atoms with E-state index in [9.17, 15) is 4.79 Å². The minimum atomic E-state index is -0.410. The summed E-state index contributed by atoms with van der Waals surface area (Å²) in [5, 5.41) is 8.63. The number of methoxy groups -OCH3 is 2. The van der Waals surface area contributed by atoms with E-state index in [1.54, 1.807) is 26.4 Å². The molecule has 1 aromatic rings. The van der Waals surface area contributed by atoms with Crippen LogP contribution in [0.4, 0.5) is 0 Å². The summed E-state index contributed by atoms with van der Waals surface area (Å²) < 4.78 is 10.3. The van der Waals surface area contributed by atoms with Crippen LogP contribution in [0.5, 0.6) is 11.5 Å². The molecule has 0 bridgehead atoms. The van der Waals surface area contributed by atoms with Gasteiger partial charge in [-0.3, -0.25) is 4.79 Å². The lowest BCUT2D eigenvalue weighted by Crippen LogP contribution is -2.05. The fraction of sp³-hybridized carbons (Fsp3) is 0.417. The van der Waals surface area contributed by atoms with E-state index in [0.29, 0.717) is 12.8 Å². The molecule has 88 valence electrons. The van der Waals surface area contributed by atoms with Crippen LogP contribution in [0.2, 0.25) is 0 Å². The Labute approximate surface area is 94.8 Å². The van der Waals surface area contributed by atoms with Crippen LogP contribution in [0.15, 0.2) is 18.2 Å². The summed E-state index contributed by atoms with van der Waals surface area (Å²) in [6.07, 6.45) is 0.847. The molecule has 0 aromatic heterocycles. The summed E-state index contributed by atoms with van der Waals surface area (Å²) >= 11 is 0. The Morgan fingerprint density at radius 3 is 2.62 bits per heavy atom. The number of ketones is 1. The Morgan fingerprint density at radius 2 is 2.06 bits per heavy atom. The third-order valence-electron chi connectivity index (χ3n) is 2.34. The molecule has 0 aliphatic heterocycles. The minimum absolute atomic E-state index is 0.176. The van der Waals surface area contributed by atoms with Gasteiger partial charge in [0.25, 0.3) is 0 Å². The number of ether oxygens (including phenoxy) is 2. The predicted octanol–water partition coefficient (Wildman–Crippen LogP) is 1.20. The second-order valence-electron chi connectivity index (χ2n) is 3.37. The highest BCUT2D eigenvalue weighted by molar-refractivity contribution is 5.79. The number of benzene rings is 1. The van der Waals surface area contributed by atoms with E-state index in [4.69, 9.17) is 14.6 Å². The van der Waals surface area contributed by atoms with Gasteiger partial charge in [-0.1, -0.05) is 0 Å². The Kier molecular flexibility index (Phi) is 4.79. The quantitative estimate of drug-likeness (QED) is 0.788. The van der Waals surface area contributed by atoms with Gasteiger partial charge < -0.3 is 14.6 Å². The van der Waals surface area contributed by atoms with Crippen LogP contribution in [0, 0.1) is 0 Å². The van der Waals surface area contributed by atoms with Crippen LogP contribution < -0.4 is 9.47 Å². The SMILES string of the molecule is COc1ccc(OC)c(CCC(=O)CO)c1. The van der Waals surface area contributed by atoms with Gasteiger partial charge >= 0.3 is 0 Å². The van der Waals surface area contributed by atoms with Crippen molar-refractivity contribution in [2.45, 2.75) is 12.8 Å². The Hall–Kier alpha value is -1.55.